The Labute approximate surface area is 95.7 Å². The van der Waals surface area contributed by atoms with Crippen LogP contribution in [0.4, 0.5) is 5.69 Å². The van der Waals surface area contributed by atoms with Crippen LogP contribution in [-0.4, -0.2) is 30.0 Å². The predicted molar refractivity (Wildman–Crippen MR) is 63.3 cm³/mol. The summed E-state index contributed by atoms with van der Waals surface area (Å²) in [6, 6.07) is 3.74. The van der Waals surface area contributed by atoms with Crippen molar-refractivity contribution < 1.29 is 4.79 Å². The average molecular weight is 219 g/mol. The van der Waals surface area contributed by atoms with Gasteiger partial charge in [0.25, 0.3) is 0 Å². The number of anilines is 1. The Bertz CT molecular complexity index is 347. The maximum Gasteiger partial charge on any atom is 0.244 e. The highest BCUT2D eigenvalue weighted by molar-refractivity contribution is 5.97. The van der Waals surface area contributed by atoms with E-state index in [9.17, 15) is 4.79 Å². The van der Waals surface area contributed by atoms with Crippen molar-refractivity contribution in [3.05, 3.63) is 24.5 Å². The minimum atomic E-state index is -0.00637. The van der Waals surface area contributed by atoms with Crippen molar-refractivity contribution in [3.63, 3.8) is 0 Å². The van der Waals surface area contributed by atoms with Crippen LogP contribution in [0.5, 0.6) is 0 Å². The fraction of sp³-hybridized carbons (Fsp3) is 0.500. The Balaban J connectivity index is 2.13. The van der Waals surface area contributed by atoms with Crippen molar-refractivity contribution in [2.75, 3.05) is 18.0 Å². The lowest BCUT2D eigenvalue weighted by Crippen LogP contribution is -2.43. The van der Waals surface area contributed by atoms with E-state index in [1.165, 1.54) is 0 Å². The predicted octanol–water partition coefficient (Wildman–Crippen LogP) is 1.19. The van der Waals surface area contributed by atoms with Gasteiger partial charge >= 0.3 is 0 Å². The largest absolute Gasteiger partial charge is 0.311 e. The number of hydrogen-bond acceptors (Lipinski definition) is 3. The molecule has 2 heterocycles. The lowest BCUT2D eigenvalue weighted by molar-refractivity contribution is -0.120. The molecule has 86 valence electrons. The van der Waals surface area contributed by atoms with Gasteiger partial charge in [-0.1, -0.05) is 0 Å². The number of aromatic nitrogens is 1. The summed E-state index contributed by atoms with van der Waals surface area (Å²) in [4.78, 5) is 18.0. The summed E-state index contributed by atoms with van der Waals surface area (Å²) in [5.41, 5.74) is 0.927. The first-order valence-electron chi connectivity index (χ1n) is 5.77. The van der Waals surface area contributed by atoms with Gasteiger partial charge in [-0.15, -0.1) is 0 Å². The van der Waals surface area contributed by atoms with Crippen molar-refractivity contribution in [2.24, 2.45) is 0 Å². The molecule has 0 saturated carbocycles. The lowest BCUT2D eigenvalue weighted by atomic mass is 10.2. The molecule has 4 nitrogen and oxygen atoms in total. The van der Waals surface area contributed by atoms with Gasteiger partial charge in [0.2, 0.25) is 5.91 Å². The number of carbonyl (C=O) groups excluding carboxylic acids is 1. The molecule has 1 N–H and O–H groups in total. The van der Waals surface area contributed by atoms with Crippen molar-refractivity contribution in [1.82, 2.24) is 10.3 Å². The van der Waals surface area contributed by atoms with Crippen LogP contribution in [0.15, 0.2) is 24.5 Å². The van der Waals surface area contributed by atoms with Gasteiger partial charge in [0.1, 0.15) is 0 Å². The second-order valence-electron chi connectivity index (χ2n) is 3.94. The number of rotatable bonds is 3. The molecule has 0 spiro atoms. The van der Waals surface area contributed by atoms with E-state index in [4.69, 9.17) is 0 Å². The Morgan fingerprint density at radius 2 is 2.31 bits per heavy atom. The molecule has 2 rings (SSSR count). The van der Waals surface area contributed by atoms with Crippen LogP contribution in [-0.2, 0) is 4.79 Å². The minimum absolute atomic E-state index is 0.00637. The number of nitrogens with one attached hydrogen (secondary N) is 1. The molecule has 0 aliphatic carbocycles. The first kappa shape index (κ1) is 11.1. The van der Waals surface area contributed by atoms with Crippen LogP contribution in [0.25, 0.3) is 0 Å². The molecule has 0 bridgehead atoms. The van der Waals surface area contributed by atoms with Gasteiger partial charge in [-0.25, -0.2) is 0 Å². The van der Waals surface area contributed by atoms with E-state index >= 15 is 0 Å². The summed E-state index contributed by atoms with van der Waals surface area (Å²) in [6.07, 6.45) is 5.46. The Morgan fingerprint density at radius 3 is 2.88 bits per heavy atom. The summed E-state index contributed by atoms with van der Waals surface area (Å²) >= 11 is 0. The number of hydrogen-bond donors (Lipinski definition) is 1. The molecule has 1 atom stereocenters. The summed E-state index contributed by atoms with van der Waals surface area (Å²) in [5, 5.41) is 3.23. The van der Waals surface area contributed by atoms with Crippen LogP contribution in [0.1, 0.15) is 19.8 Å². The molecule has 1 saturated heterocycles. The van der Waals surface area contributed by atoms with Crippen molar-refractivity contribution in [2.45, 2.75) is 25.8 Å². The van der Waals surface area contributed by atoms with Crippen LogP contribution >= 0.6 is 0 Å². The zero-order valence-corrected chi connectivity index (χ0v) is 9.52. The maximum atomic E-state index is 12.2. The molecule has 1 aromatic rings. The van der Waals surface area contributed by atoms with Gasteiger partial charge in [-0.3, -0.25) is 9.78 Å². The fourth-order valence-corrected chi connectivity index (χ4v) is 2.07. The van der Waals surface area contributed by atoms with E-state index in [2.05, 4.69) is 10.3 Å². The molecule has 1 aliphatic heterocycles. The monoisotopic (exact) mass is 219 g/mol. The van der Waals surface area contributed by atoms with Crippen molar-refractivity contribution in [3.8, 4) is 0 Å². The Hall–Kier alpha value is -1.42. The molecule has 1 fully saturated rings. The van der Waals surface area contributed by atoms with Gasteiger partial charge in [0, 0.05) is 24.6 Å². The molecular formula is C12H17N3O. The van der Waals surface area contributed by atoms with Crippen LogP contribution < -0.4 is 10.2 Å². The quantitative estimate of drug-likeness (QED) is 0.830. The van der Waals surface area contributed by atoms with E-state index in [-0.39, 0.29) is 11.9 Å². The Morgan fingerprint density at radius 1 is 1.56 bits per heavy atom. The zero-order chi connectivity index (χ0) is 11.4. The number of nitrogens with zero attached hydrogens (tertiary/aromatic N) is 2. The highest BCUT2D eigenvalue weighted by Gasteiger charge is 2.26. The van der Waals surface area contributed by atoms with Gasteiger partial charge in [0.05, 0.1) is 6.04 Å². The average Bonchev–Trinajstić information content (AvgIpc) is 2.85. The molecule has 1 aliphatic rings. The second-order valence-corrected chi connectivity index (χ2v) is 3.94. The van der Waals surface area contributed by atoms with Gasteiger partial charge in [-0.2, -0.15) is 0 Å². The first-order chi connectivity index (χ1) is 7.83. The molecule has 0 unspecified atom stereocenters. The highest BCUT2D eigenvalue weighted by Crippen LogP contribution is 2.16. The first-order valence-corrected chi connectivity index (χ1v) is 5.77. The normalized spacial score (nSPS) is 19.7. The molecule has 16 heavy (non-hydrogen) atoms. The van der Waals surface area contributed by atoms with Crippen molar-refractivity contribution >= 4 is 11.6 Å². The third kappa shape index (κ3) is 2.22. The number of amides is 1. The highest BCUT2D eigenvalue weighted by atomic mass is 16.2. The standard InChI is InChI=1S/C12H17N3O/c1-2-15(10-5-8-13-9-6-10)12(16)11-4-3-7-14-11/h5-6,8-9,11,14H,2-4,7H2,1H3/t11-/m0/s1. The Kier molecular flexibility index (Phi) is 3.51. The van der Waals surface area contributed by atoms with E-state index in [1.54, 1.807) is 12.4 Å². The van der Waals surface area contributed by atoms with Crippen LogP contribution in [0.2, 0.25) is 0 Å². The molecule has 4 heteroatoms. The van der Waals surface area contributed by atoms with Crippen molar-refractivity contribution in [1.29, 1.82) is 0 Å². The SMILES string of the molecule is CCN(C(=O)[C@@H]1CCCN1)c1ccncc1. The van der Waals surface area contributed by atoms with E-state index < -0.39 is 0 Å². The number of pyridine rings is 1. The third-order valence-electron chi connectivity index (χ3n) is 2.92. The molecule has 1 aromatic heterocycles. The van der Waals surface area contributed by atoms with E-state index in [0.717, 1.165) is 25.1 Å². The summed E-state index contributed by atoms with van der Waals surface area (Å²) in [5.74, 6) is 0.172. The number of carbonyl (C=O) groups is 1. The molecular weight excluding hydrogens is 202 g/mol. The van der Waals surface area contributed by atoms with Gasteiger partial charge < -0.3 is 10.2 Å². The van der Waals surface area contributed by atoms with Gasteiger partial charge in [0.15, 0.2) is 0 Å². The minimum Gasteiger partial charge on any atom is -0.311 e. The number of likely N-dealkylation sites (N-methyl/N-ethyl adjacent to an activating group) is 1. The fourth-order valence-electron chi connectivity index (χ4n) is 2.07. The molecule has 1 amide bonds. The van der Waals surface area contributed by atoms with E-state index in [0.29, 0.717) is 6.54 Å². The smallest absolute Gasteiger partial charge is 0.244 e. The second kappa shape index (κ2) is 5.07. The lowest BCUT2D eigenvalue weighted by Gasteiger charge is -2.24. The van der Waals surface area contributed by atoms with E-state index in [1.807, 2.05) is 24.0 Å². The summed E-state index contributed by atoms with van der Waals surface area (Å²) in [7, 11) is 0. The topological polar surface area (TPSA) is 45.2 Å². The van der Waals surface area contributed by atoms with Gasteiger partial charge in [-0.05, 0) is 38.4 Å². The molecule has 0 radical (unpaired) electrons. The van der Waals surface area contributed by atoms with Crippen LogP contribution in [0, 0.1) is 0 Å². The summed E-state index contributed by atoms with van der Waals surface area (Å²) < 4.78 is 0. The maximum absolute atomic E-state index is 12.2. The molecule has 0 aromatic carbocycles. The third-order valence-corrected chi connectivity index (χ3v) is 2.92. The summed E-state index contributed by atoms with van der Waals surface area (Å²) in [6.45, 7) is 3.64. The van der Waals surface area contributed by atoms with Crippen LogP contribution in [0.3, 0.4) is 0 Å². The zero-order valence-electron chi connectivity index (χ0n) is 9.52.